The van der Waals surface area contributed by atoms with Gasteiger partial charge in [0.05, 0.1) is 12.6 Å². The van der Waals surface area contributed by atoms with Crippen LogP contribution in [0.1, 0.15) is 23.6 Å². The molecule has 0 spiro atoms. The summed E-state index contributed by atoms with van der Waals surface area (Å²) in [5.74, 6) is 0.955. The number of hydrogen-bond donors (Lipinski definition) is 1. The van der Waals surface area contributed by atoms with Gasteiger partial charge in [-0.25, -0.2) is 0 Å². The minimum atomic E-state index is 0.244. The fourth-order valence-electron chi connectivity index (χ4n) is 2.45. The Morgan fingerprint density at radius 1 is 1.25 bits per heavy atom. The van der Waals surface area contributed by atoms with Crippen molar-refractivity contribution in [1.82, 2.24) is 0 Å². The molecule has 0 bridgehead atoms. The Balaban J connectivity index is 1.93. The van der Waals surface area contributed by atoms with Crippen molar-refractivity contribution in [3.8, 4) is 5.75 Å². The van der Waals surface area contributed by atoms with Crippen LogP contribution in [0.5, 0.6) is 5.75 Å². The molecule has 0 saturated carbocycles. The number of halogens is 2. The fraction of sp³-hybridized carbons (Fsp3) is 0.250. The molecular weight excluding hydrogens is 338 g/mol. The molecule has 0 fully saturated rings. The van der Waals surface area contributed by atoms with Crippen LogP contribution < -0.4 is 10.1 Å². The zero-order chi connectivity index (χ0) is 14.1. The van der Waals surface area contributed by atoms with Gasteiger partial charge in [0.1, 0.15) is 5.75 Å². The number of rotatable bonds is 2. The summed E-state index contributed by atoms with van der Waals surface area (Å²) in [5, 5.41) is 4.34. The van der Waals surface area contributed by atoms with Gasteiger partial charge < -0.3 is 10.1 Å². The number of nitrogens with one attached hydrogen (secondary N) is 1. The summed E-state index contributed by atoms with van der Waals surface area (Å²) < 4.78 is 6.78. The molecule has 3 rings (SSSR count). The van der Waals surface area contributed by atoms with Crippen molar-refractivity contribution in [2.75, 3.05) is 11.9 Å². The van der Waals surface area contributed by atoms with Crippen molar-refractivity contribution < 1.29 is 4.74 Å². The first-order valence-corrected chi connectivity index (χ1v) is 7.75. The highest BCUT2D eigenvalue weighted by molar-refractivity contribution is 9.10. The van der Waals surface area contributed by atoms with Crippen molar-refractivity contribution in [1.29, 1.82) is 0 Å². The maximum atomic E-state index is 6.09. The number of ether oxygens (including phenoxy) is 1. The lowest BCUT2D eigenvalue weighted by Gasteiger charge is -2.28. The summed E-state index contributed by atoms with van der Waals surface area (Å²) in [7, 11) is 0. The third-order valence-electron chi connectivity index (χ3n) is 3.54. The first-order chi connectivity index (χ1) is 9.63. The Morgan fingerprint density at radius 3 is 2.95 bits per heavy atom. The molecule has 1 aliphatic rings. The molecule has 104 valence electrons. The number of hydrogen-bond acceptors (Lipinski definition) is 2. The molecule has 1 aliphatic heterocycles. The van der Waals surface area contributed by atoms with Gasteiger partial charge in [-0.05, 0) is 42.8 Å². The second-order valence-corrected chi connectivity index (χ2v) is 6.33. The van der Waals surface area contributed by atoms with Crippen molar-refractivity contribution >= 4 is 33.2 Å². The lowest BCUT2D eigenvalue weighted by Crippen LogP contribution is -2.20. The van der Waals surface area contributed by atoms with Gasteiger partial charge in [-0.3, -0.25) is 0 Å². The summed E-state index contributed by atoms with van der Waals surface area (Å²) in [6.07, 6.45) is 0.940. The van der Waals surface area contributed by atoms with E-state index in [9.17, 15) is 0 Å². The van der Waals surface area contributed by atoms with Crippen molar-refractivity contribution in [2.45, 2.75) is 19.4 Å². The van der Waals surface area contributed by atoms with E-state index in [0.717, 1.165) is 34.0 Å². The smallest absolute Gasteiger partial charge is 0.124 e. The van der Waals surface area contributed by atoms with Crippen molar-refractivity contribution in [3.63, 3.8) is 0 Å². The normalized spacial score (nSPS) is 17.2. The molecular formula is C16H15BrClNO. The zero-order valence-corrected chi connectivity index (χ0v) is 13.5. The van der Waals surface area contributed by atoms with E-state index >= 15 is 0 Å². The third kappa shape index (κ3) is 2.79. The Kier molecular flexibility index (Phi) is 3.90. The molecule has 2 aromatic rings. The van der Waals surface area contributed by atoms with Crippen LogP contribution in [-0.4, -0.2) is 6.61 Å². The van der Waals surface area contributed by atoms with Crippen molar-refractivity contribution in [3.05, 3.63) is 57.0 Å². The molecule has 1 heterocycles. The Labute approximate surface area is 132 Å². The van der Waals surface area contributed by atoms with Crippen LogP contribution in [-0.2, 0) is 0 Å². The molecule has 0 aromatic heterocycles. The van der Waals surface area contributed by atoms with Crippen molar-refractivity contribution in [2.24, 2.45) is 0 Å². The van der Waals surface area contributed by atoms with Crippen LogP contribution in [0.4, 0.5) is 5.69 Å². The zero-order valence-electron chi connectivity index (χ0n) is 11.1. The van der Waals surface area contributed by atoms with E-state index in [0.29, 0.717) is 0 Å². The van der Waals surface area contributed by atoms with Gasteiger partial charge in [-0.2, -0.15) is 0 Å². The van der Waals surface area contributed by atoms with E-state index in [1.54, 1.807) is 0 Å². The number of fused-ring (bicyclic) bond motifs is 1. The Hall–Kier alpha value is -1.19. The van der Waals surface area contributed by atoms with Gasteiger partial charge in [0.15, 0.2) is 0 Å². The van der Waals surface area contributed by atoms with Crippen LogP contribution in [0, 0.1) is 6.92 Å². The van der Waals surface area contributed by atoms with E-state index in [2.05, 4.69) is 34.2 Å². The van der Waals surface area contributed by atoms with Crippen LogP contribution in [0.25, 0.3) is 0 Å². The molecule has 0 amide bonds. The summed E-state index contributed by atoms with van der Waals surface area (Å²) >= 11 is 9.61. The van der Waals surface area contributed by atoms with E-state index in [1.165, 1.54) is 11.1 Å². The molecule has 0 saturated heterocycles. The first kappa shape index (κ1) is 13.8. The predicted octanol–water partition coefficient (Wildman–Crippen LogP) is 5.35. The standard InChI is InChI=1S/C16H15BrClNO/c1-10-2-4-12(18)9-15(10)19-14-6-7-20-16-5-3-11(17)8-13(14)16/h2-5,8-9,14,19H,6-7H2,1H3. The summed E-state index contributed by atoms with van der Waals surface area (Å²) in [6, 6.07) is 12.3. The molecule has 20 heavy (non-hydrogen) atoms. The van der Waals surface area contributed by atoms with Crippen LogP contribution in [0.15, 0.2) is 40.9 Å². The second kappa shape index (κ2) is 5.66. The topological polar surface area (TPSA) is 21.3 Å². The first-order valence-electron chi connectivity index (χ1n) is 6.58. The average Bonchev–Trinajstić information content (AvgIpc) is 2.43. The lowest BCUT2D eigenvalue weighted by atomic mass is 10.00. The minimum absolute atomic E-state index is 0.244. The molecule has 0 aliphatic carbocycles. The van der Waals surface area contributed by atoms with E-state index in [4.69, 9.17) is 16.3 Å². The average molecular weight is 353 g/mol. The van der Waals surface area contributed by atoms with Crippen LogP contribution in [0.2, 0.25) is 5.02 Å². The maximum Gasteiger partial charge on any atom is 0.124 e. The molecule has 2 aromatic carbocycles. The molecule has 0 radical (unpaired) electrons. The number of benzene rings is 2. The highest BCUT2D eigenvalue weighted by Crippen LogP contribution is 2.37. The van der Waals surface area contributed by atoms with Crippen LogP contribution >= 0.6 is 27.5 Å². The largest absolute Gasteiger partial charge is 0.493 e. The summed E-state index contributed by atoms with van der Waals surface area (Å²) in [5.41, 5.74) is 3.46. The monoisotopic (exact) mass is 351 g/mol. The third-order valence-corrected chi connectivity index (χ3v) is 4.27. The quantitative estimate of drug-likeness (QED) is 0.787. The molecule has 1 atom stereocenters. The fourth-order valence-corrected chi connectivity index (χ4v) is 3.00. The van der Waals surface area contributed by atoms with E-state index < -0.39 is 0 Å². The van der Waals surface area contributed by atoms with Gasteiger partial charge in [0, 0.05) is 27.2 Å². The van der Waals surface area contributed by atoms with Gasteiger partial charge in [-0.1, -0.05) is 33.6 Å². The molecule has 1 N–H and O–H groups in total. The SMILES string of the molecule is Cc1ccc(Cl)cc1NC1CCOc2ccc(Br)cc21. The lowest BCUT2D eigenvalue weighted by molar-refractivity contribution is 0.274. The van der Waals surface area contributed by atoms with Gasteiger partial charge >= 0.3 is 0 Å². The second-order valence-electron chi connectivity index (χ2n) is 4.98. The maximum absolute atomic E-state index is 6.09. The number of anilines is 1. The van der Waals surface area contributed by atoms with Gasteiger partial charge in [0.2, 0.25) is 0 Å². The van der Waals surface area contributed by atoms with E-state index in [-0.39, 0.29) is 6.04 Å². The summed E-state index contributed by atoms with van der Waals surface area (Å²) in [6.45, 7) is 2.81. The minimum Gasteiger partial charge on any atom is -0.493 e. The molecule has 2 nitrogen and oxygen atoms in total. The summed E-state index contributed by atoms with van der Waals surface area (Å²) in [4.78, 5) is 0. The van der Waals surface area contributed by atoms with Crippen LogP contribution in [0.3, 0.4) is 0 Å². The van der Waals surface area contributed by atoms with Gasteiger partial charge in [0.25, 0.3) is 0 Å². The van der Waals surface area contributed by atoms with Gasteiger partial charge in [-0.15, -0.1) is 0 Å². The Morgan fingerprint density at radius 2 is 2.10 bits per heavy atom. The predicted molar refractivity (Wildman–Crippen MR) is 86.8 cm³/mol. The molecule has 4 heteroatoms. The highest BCUT2D eigenvalue weighted by Gasteiger charge is 2.22. The Bertz CT molecular complexity index is 644. The number of aryl methyl sites for hydroxylation is 1. The highest BCUT2D eigenvalue weighted by atomic mass is 79.9. The molecule has 1 unspecified atom stereocenters. The van der Waals surface area contributed by atoms with E-state index in [1.807, 2.05) is 30.3 Å².